The van der Waals surface area contributed by atoms with Crippen molar-refractivity contribution in [1.82, 2.24) is 0 Å². The van der Waals surface area contributed by atoms with Crippen LogP contribution in [0.4, 0.5) is 23.2 Å². The van der Waals surface area contributed by atoms with E-state index in [1.807, 2.05) is 0 Å². The molecular weight excluding hydrogens is 406 g/mol. The van der Waals surface area contributed by atoms with Gasteiger partial charge < -0.3 is 9.84 Å². The molecule has 0 spiro atoms. The molecule has 1 aromatic rings. The zero-order chi connectivity index (χ0) is 21.3. The van der Waals surface area contributed by atoms with E-state index in [-0.39, 0.29) is 18.8 Å². The molecule has 5 nitrogen and oxygen atoms in total. The van der Waals surface area contributed by atoms with Gasteiger partial charge in [0, 0.05) is 0 Å². The molecule has 0 heterocycles. The van der Waals surface area contributed by atoms with Crippen LogP contribution in [0.2, 0.25) is 5.02 Å². The van der Waals surface area contributed by atoms with Crippen molar-refractivity contribution >= 4 is 29.2 Å². The summed E-state index contributed by atoms with van der Waals surface area (Å²) in [6, 6.07) is 1.49. The first-order valence-corrected chi connectivity index (χ1v) is 8.58. The van der Waals surface area contributed by atoms with Gasteiger partial charge in [-0.05, 0) is 36.8 Å². The first-order chi connectivity index (χ1) is 12.9. The van der Waals surface area contributed by atoms with Gasteiger partial charge in [0.25, 0.3) is 0 Å². The van der Waals surface area contributed by atoms with E-state index in [0.717, 1.165) is 6.07 Å². The standard InChI is InChI=1S/C18H16ClF4NO4/c1-3-13(25)24(17(16(26)27)8-4-5-10(2)9-17)11-6-7-12(14(19)15(11)20)28-18(21,22)23/h1,6-7,10H,4-5,8-9H2,2H3,(H,26,27). The zero-order valence-electron chi connectivity index (χ0n) is 14.6. The van der Waals surface area contributed by atoms with Gasteiger partial charge in [-0.15, -0.1) is 19.6 Å². The minimum absolute atomic E-state index is 0.00203. The van der Waals surface area contributed by atoms with Crippen LogP contribution in [0.1, 0.15) is 32.6 Å². The Morgan fingerprint density at radius 3 is 2.57 bits per heavy atom. The van der Waals surface area contributed by atoms with Crippen LogP contribution >= 0.6 is 11.6 Å². The molecule has 1 amide bonds. The fourth-order valence-electron chi connectivity index (χ4n) is 3.51. The van der Waals surface area contributed by atoms with Crippen molar-refractivity contribution in [3.05, 3.63) is 23.0 Å². The number of terminal acetylenes is 1. The average molecular weight is 422 g/mol. The van der Waals surface area contributed by atoms with Crippen LogP contribution in [0.15, 0.2) is 12.1 Å². The summed E-state index contributed by atoms with van der Waals surface area (Å²) in [5, 5.41) is 8.81. The second-order valence-electron chi connectivity index (χ2n) is 6.58. The van der Waals surface area contributed by atoms with E-state index in [4.69, 9.17) is 18.0 Å². The van der Waals surface area contributed by atoms with E-state index >= 15 is 0 Å². The number of carbonyl (C=O) groups is 2. The number of hydrogen-bond acceptors (Lipinski definition) is 3. The molecule has 1 saturated carbocycles. The number of amides is 1. The van der Waals surface area contributed by atoms with Crippen LogP contribution in [0.3, 0.4) is 0 Å². The third-order valence-electron chi connectivity index (χ3n) is 4.62. The van der Waals surface area contributed by atoms with E-state index in [1.54, 1.807) is 12.8 Å². The first kappa shape index (κ1) is 21.8. The number of hydrogen-bond donors (Lipinski definition) is 1. The van der Waals surface area contributed by atoms with Gasteiger partial charge in [-0.2, -0.15) is 0 Å². The van der Waals surface area contributed by atoms with Crippen LogP contribution in [0, 0.1) is 24.1 Å². The lowest BCUT2D eigenvalue weighted by Crippen LogP contribution is -2.59. The summed E-state index contributed by atoms with van der Waals surface area (Å²) in [4.78, 5) is 25.1. The highest BCUT2D eigenvalue weighted by atomic mass is 35.5. The Balaban J connectivity index is 2.64. The summed E-state index contributed by atoms with van der Waals surface area (Å²) >= 11 is 5.65. The molecule has 0 aliphatic heterocycles. The van der Waals surface area contributed by atoms with Crippen molar-refractivity contribution < 1.29 is 37.0 Å². The van der Waals surface area contributed by atoms with E-state index in [1.165, 1.54) is 0 Å². The van der Waals surface area contributed by atoms with Gasteiger partial charge in [0.2, 0.25) is 0 Å². The number of carbonyl (C=O) groups excluding carboxylic acids is 1. The number of carboxylic acids is 1. The molecular formula is C18H16ClF4NO4. The quantitative estimate of drug-likeness (QED) is 0.579. The Labute approximate surface area is 163 Å². The van der Waals surface area contributed by atoms with Crippen molar-refractivity contribution in [3.8, 4) is 18.1 Å². The van der Waals surface area contributed by atoms with Crippen molar-refractivity contribution in [2.75, 3.05) is 4.90 Å². The topological polar surface area (TPSA) is 66.8 Å². The minimum atomic E-state index is -5.12. The molecule has 10 heteroatoms. The Hall–Kier alpha value is -2.47. The predicted molar refractivity (Wildman–Crippen MR) is 92.4 cm³/mol. The smallest absolute Gasteiger partial charge is 0.479 e. The van der Waals surface area contributed by atoms with Crippen molar-refractivity contribution in [2.24, 2.45) is 5.92 Å². The number of nitrogens with zero attached hydrogens (tertiary/aromatic N) is 1. The predicted octanol–water partition coefficient (Wildman–Crippen LogP) is 4.38. The highest BCUT2D eigenvalue weighted by Gasteiger charge is 2.50. The van der Waals surface area contributed by atoms with Gasteiger partial charge in [-0.3, -0.25) is 9.69 Å². The molecule has 0 aromatic heterocycles. The van der Waals surface area contributed by atoms with Crippen LogP contribution in [-0.2, 0) is 9.59 Å². The Bertz CT molecular complexity index is 836. The third-order valence-corrected chi connectivity index (χ3v) is 4.97. The fourth-order valence-corrected chi connectivity index (χ4v) is 3.71. The number of benzene rings is 1. The second kappa shape index (κ2) is 7.87. The monoisotopic (exact) mass is 421 g/mol. The molecule has 2 rings (SSSR count). The number of halogens is 5. The van der Waals surface area contributed by atoms with Crippen LogP contribution in [0.25, 0.3) is 0 Å². The van der Waals surface area contributed by atoms with Gasteiger partial charge in [0.15, 0.2) is 11.6 Å². The lowest BCUT2D eigenvalue weighted by atomic mass is 9.75. The Morgan fingerprint density at radius 1 is 1.43 bits per heavy atom. The number of aliphatic carboxylic acids is 1. The maximum Gasteiger partial charge on any atom is 0.573 e. The number of rotatable bonds is 4. The highest BCUT2D eigenvalue weighted by Crippen LogP contribution is 2.43. The van der Waals surface area contributed by atoms with Gasteiger partial charge >= 0.3 is 18.2 Å². The van der Waals surface area contributed by atoms with Crippen molar-refractivity contribution in [3.63, 3.8) is 0 Å². The molecule has 1 aliphatic rings. The molecule has 1 aliphatic carbocycles. The molecule has 0 bridgehead atoms. The van der Waals surface area contributed by atoms with Crippen LogP contribution in [-0.4, -0.2) is 28.9 Å². The molecule has 0 radical (unpaired) electrons. The maximum absolute atomic E-state index is 14.8. The number of carboxylic acid groups (broad SMARTS) is 1. The number of alkyl halides is 3. The fraction of sp³-hybridized carbons (Fsp3) is 0.444. The lowest BCUT2D eigenvalue weighted by molar-refractivity contribution is -0.274. The summed E-state index contributed by atoms with van der Waals surface area (Å²) in [6.45, 7) is 1.78. The first-order valence-electron chi connectivity index (χ1n) is 8.21. The van der Waals surface area contributed by atoms with E-state index < -0.39 is 46.1 Å². The van der Waals surface area contributed by atoms with Gasteiger partial charge in [0.1, 0.15) is 10.6 Å². The van der Waals surface area contributed by atoms with E-state index in [9.17, 15) is 32.3 Å². The van der Waals surface area contributed by atoms with Crippen molar-refractivity contribution in [1.29, 1.82) is 0 Å². The van der Waals surface area contributed by atoms with Crippen LogP contribution < -0.4 is 9.64 Å². The zero-order valence-corrected chi connectivity index (χ0v) is 15.4. The minimum Gasteiger partial charge on any atom is -0.479 e. The molecule has 0 saturated heterocycles. The highest BCUT2D eigenvalue weighted by molar-refractivity contribution is 6.32. The Kier molecular flexibility index (Phi) is 6.14. The van der Waals surface area contributed by atoms with Crippen LogP contribution in [0.5, 0.6) is 5.75 Å². The van der Waals surface area contributed by atoms with Crippen molar-refractivity contribution in [2.45, 2.75) is 44.5 Å². The molecule has 152 valence electrons. The lowest BCUT2D eigenvalue weighted by Gasteiger charge is -2.44. The molecule has 1 fully saturated rings. The van der Waals surface area contributed by atoms with Gasteiger partial charge in [-0.1, -0.05) is 31.4 Å². The maximum atomic E-state index is 14.8. The number of ether oxygens (including phenoxy) is 1. The normalized spacial score (nSPS) is 22.2. The molecule has 1 aromatic carbocycles. The van der Waals surface area contributed by atoms with Gasteiger partial charge in [0.05, 0.1) is 5.69 Å². The summed E-state index contributed by atoms with van der Waals surface area (Å²) in [5.41, 5.74) is -2.48. The molecule has 2 atom stereocenters. The average Bonchev–Trinajstić information content (AvgIpc) is 2.59. The van der Waals surface area contributed by atoms with E-state index in [0.29, 0.717) is 23.8 Å². The summed E-state index contributed by atoms with van der Waals surface area (Å²) in [6.07, 6.45) is 1.16. The SMILES string of the molecule is C#CC(=O)N(c1ccc(OC(F)(F)F)c(Cl)c1F)C1(C(=O)O)CCCC(C)C1. The molecule has 1 N–H and O–H groups in total. The van der Waals surface area contributed by atoms with Gasteiger partial charge in [-0.25, -0.2) is 9.18 Å². The molecule has 2 unspecified atom stereocenters. The second-order valence-corrected chi connectivity index (χ2v) is 6.96. The molecule has 28 heavy (non-hydrogen) atoms. The summed E-state index contributed by atoms with van der Waals surface area (Å²) in [5.74, 6) is -3.35. The Morgan fingerprint density at radius 2 is 2.07 bits per heavy atom. The number of anilines is 1. The van der Waals surface area contributed by atoms with E-state index in [2.05, 4.69) is 4.74 Å². The summed E-state index contributed by atoms with van der Waals surface area (Å²) < 4.78 is 55.7. The largest absolute Gasteiger partial charge is 0.573 e. The third kappa shape index (κ3) is 4.17. The summed E-state index contributed by atoms with van der Waals surface area (Å²) in [7, 11) is 0.